The molecular formula is C15H35N. The molecule has 1 aliphatic heterocycles. The summed E-state index contributed by atoms with van der Waals surface area (Å²) in [6.07, 6.45) is 6.77. The molecule has 0 atom stereocenters. The van der Waals surface area contributed by atoms with E-state index >= 15 is 0 Å². The van der Waals surface area contributed by atoms with E-state index < -0.39 is 0 Å². The Morgan fingerprint density at radius 1 is 0.875 bits per heavy atom. The van der Waals surface area contributed by atoms with Gasteiger partial charge in [-0.15, -0.1) is 0 Å². The zero-order chi connectivity index (χ0) is 13.0. The third kappa shape index (κ3) is 8.15. The van der Waals surface area contributed by atoms with Crippen LogP contribution in [0.3, 0.4) is 0 Å². The molecule has 1 rings (SSSR count). The second-order valence-corrected chi connectivity index (χ2v) is 4.92. The van der Waals surface area contributed by atoms with Crippen LogP contribution >= 0.6 is 0 Å². The van der Waals surface area contributed by atoms with Gasteiger partial charge in [-0.2, -0.15) is 0 Å². The summed E-state index contributed by atoms with van der Waals surface area (Å²) in [6, 6.07) is 0. The van der Waals surface area contributed by atoms with Gasteiger partial charge >= 0.3 is 0 Å². The van der Waals surface area contributed by atoms with Crippen LogP contribution in [0.25, 0.3) is 0 Å². The number of hydrogen-bond donors (Lipinski definition) is 0. The first-order chi connectivity index (χ1) is 7.58. The number of hydrogen-bond acceptors (Lipinski definition) is 1. The van der Waals surface area contributed by atoms with Crippen LogP contribution in [0.5, 0.6) is 0 Å². The number of nitrogens with zero attached hydrogens (tertiary/aromatic N) is 1. The summed E-state index contributed by atoms with van der Waals surface area (Å²) in [7, 11) is 0. The normalized spacial score (nSPS) is 16.7. The Bertz CT molecular complexity index is 123. The van der Waals surface area contributed by atoms with Gasteiger partial charge in [-0.05, 0) is 46.2 Å². The zero-order valence-electron chi connectivity index (χ0n) is 12.9. The first-order valence-corrected chi connectivity index (χ1v) is 7.33. The molecule has 0 aromatic heterocycles. The summed E-state index contributed by atoms with van der Waals surface area (Å²) < 4.78 is 0. The van der Waals surface area contributed by atoms with Gasteiger partial charge in [0, 0.05) is 5.54 Å². The van der Waals surface area contributed by atoms with Gasteiger partial charge in [0.15, 0.2) is 0 Å². The third-order valence-corrected chi connectivity index (χ3v) is 3.08. The van der Waals surface area contributed by atoms with E-state index in [1.54, 1.807) is 0 Å². The van der Waals surface area contributed by atoms with Gasteiger partial charge in [-0.25, -0.2) is 0 Å². The molecule has 100 valence electrons. The molecule has 0 amide bonds. The lowest BCUT2D eigenvalue weighted by Gasteiger charge is -2.40. The van der Waals surface area contributed by atoms with Crippen molar-refractivity contribution >= 4 is 0 Å². The Morgan fingerprint density at radius 2 is 1.25 bits per heavy atom. The number of piperidine rings is 1. The van der Waals surface area contributed by atoms with E-state index in [1.807, 2.05) is 13.8 Å². The highest BCUT2D eigenvalue weighted by molar-refractivity contribution is 4.81. The first-order valence-electron chi connectivity index (χ1n) is 7.33. The Balaban J connectivity index is 0. The average Bonchev–Trinajstić information content (AvgIpc) is 2.34. The van der Waals surface area contributed by atoms with Crippen molar-refractivity contribution < 1.29 is 0 Å². The van der Waals surface area contributed by atoms with Crippen molar-refractivity contribution in [3.8, 4) is 0 Å². The van der Waals surface area contributed by atoms with Gasteiger partial charge in [0.1, 0.15) is 0 Å². The minimum Gasteiger partial charge on any atom is -0.298 e. The highest BCUT2D eigenvalue weighted by Gasteiger charge is 2.25. The fourth-order valence-corrected chi connectivity index (χ4v) is 1.72. The highest BCUT2D eigenvalue weighted by Crippen LogP contribution is 2.22. The topological polar surface area (TPSA) is 3.24 Å². The van der Waals surface area contributed by atoms with Crippen LogP contribution in [0, 0.1) is 0 Å². The lowest BCUT2D eigenvalue weighted by molar-refractivity contribution is 0.0922. The van der Waals surface area contributed by atoms with Crippen LogP contribution in [0.1, 0.15) is 80.6 Å². The second kappa shape index (κ2) is 11.4. The molecule has 1 nitrogen and oxygen atoms in total. The van der Waals surface area contributed by atoms with Crippen molar-refractivity contribution in [2.24, 2.45) is 0 Å². The number of rotatable bonds is 2. The molecule has 1 saturated heterocycles. The average molecular weight is 229 g/mol. The van der Waals surface area contributed by atoms with E-state index in [1.165, 1.54) is 45.2 Å². The van der Waals surface area contributed by atoms with Crippen LogP contribution in [0.15, 0.2) is 0 Å². The first kappa shape index (κ1) is 18.3. The maximum atomic E-state index is 2.64. The van der Waals surface area contributed by atoms with E-state index in [0.29, 0.717) is 5.54 Å². The Hall–Kier alpha value is -0.0400. The maximum Gasteiger partial charge on any atom is 0.0150 e. The van der Waals surface area contributed by atoms with Gasteiger partial charge in [0.25, 0.3) is 0 Å². The van der Waals surface area contributed by atoms with E-state index in [9.17, 15) is 0 Å². The lowest BCUT2D eigenvalue weighted by atomic mass is 9.96. The molecule has 0 aromatic carbocycles. The second-order valence-electron chi connectivity index (χ2n) is 4.92. The molecule has 1 aliphatic rings. The summed E-state index contributed by atoms with van der Waals surface area (Å²) in [4.78, 5) is 2.64. The van der Waals surface area contributed by atoms with E-state index in [0.717, 1.165) is 0 Å². The van der Waals surface area contributed by atoms with Crippen LogP contribution in [0.4, 0.5) is 0 Å². The molecule has 1 heteroatoms. The maximum absolute atomic E-state index is 2.64. The van der Waals surface area contributed by atoms with Gasteiger partial charge in [0.2, 0.25) is 0 Å². The molecule has 16 heavy (non-hydrogen) atoms. The van der Waals surface area contributed by atoms with Gasteiger partial charge < -0.3 is 0 Å². The quantitative estimate of drug-likeness (QED) is 0.636. The molecule has 0 spiro atoms. The van der Waals surface area contributed by atoms with Crippen LogP contribution < -0.4 is 0 Å². The van der Waals surface area contributed by atoms with E-state index in [2.05, 4.69) is 39.5 Å². The van der Waals surface area contributed by atoms with Crippen LogP contribution in [0.2, 0.25) is 0 Å². The molecular weight excluding hydrogens is 194 g/mol. The Kier molecular flexibility index (Phi) is 13.1. The Morgan fingerprint density at radius 3 is 1.56 bits per heavy atom. The van der Waals surface area contributed by atoms with Crippen molar-refractivity contribution in [3.05, 3.63) is 0 Å². The zero-order valence-corrected chi connectivity index (χ0v) is 12.9. The van der Waals surface area contributed by atoms with Crippen molar-refractivity contribution in [1.82, 2.24) is 4.90 Å². The van der Waals surface area contributed by atoms with Crippen LogP contribution in [-0.4, -0.2) is 23.5 Å². The molecule has 1 heterocycles. The number of likely N-dealkylation sites (tertiary alicyclic amines) is 1. The van der Waals surface area contributed by atoms with Crippen LogP contribution in [-0.2, 0) is 0 Å². The van der Waals surface area contributed by atoms with Crippen molar-refractivity contribution in [3.63, 3.8) is 0 Å². The highest BCUT2D eigenvalue weighted by atomic mass is 15.2. The van der Waals surface area contributed by atoms with E-state index in [4.69, 9.17) is 0 Å². The molecule has 0 radical (unpaired) electrons. The van der Waals surface area contributed by atoms with Crippen molar-refractivity contribution in [2.45, 2.75) is 86.1 Å². The standard InChI is InChI=1S/C10H21N.C3H8.C2H6/c1-4-10(2,3)11-8-6-5-7-9-11;1-3-2;1-2/h4-9H2,1-3H3;3H2,1-2H3;1-2H3. The third-order valence-electron chi connectivity index (χ3n) is 3.08. The fourth-order valence-electron chi connectivity index (χ4n) is 1.72. The van der Waals surface area contributed by atoms with E-state index in [-0.39, 0.29) is 0 Å². The van der Waals surface area contributed by atoms with Gasteiger partial charge in [-0.3, -0.25) is 4.90 Å². The molecule has 0 aromatic rings. The monoisotopic (exact) mass is 229 g/mol. The van der Waals surface area contributed by atoms with Gasteiger partial charge in [-0.1, -0.05) is 47.5 Å². The molecule has 0 saturated carbocycles. The summed E-state index contributed by atoms with van der Waals surface area (Å²) in [5, 5.41) is 0. The summed E-state index contributed by atoms with van der Waals surface area (Å²) in [5.74, 6) is 0. The SMILES string of the molecule is CC.CCC.CCC(C)(C)N1CCCCC1. The minimum atomic E-state index is 0.445. The largest absolute Gasteiger partial charge is 0.298 e. The minimum absolute atomic E-state index is 0.445. The summed E-state index contributed by atoms with van der Waals surface area (Å²) >= 11 is 0. The molecule has 0 aliphatic carbocycles. The van der Waals surface area contributed by atoms with Gasteiger partial charge in [0.05, 0.1) is 0 Å². The van der Waals surface area contributed by atoms with Crippen molar-refractivity contribution in [1.29, 1.82) is 0 Å². The predicted octanol–water partition coefficient (Wildman–Crippen LogP) is 5.10. The fraction of sp³-hybridized carbons (Fsp3) is 1.00. The summed E-state index contributed by atoms with van der Waals surface area (Å²) in [6.45, 7) is 17.9. The smallest absolute Gasteiger partial charge is 0.0150 e. The lowest BCUT2D eigenvalue weighted by Crippen LogP contribution is -2.46. The summed E-state index contributed by atoms with van der Waals surface area (Å²) in [5.41, 5.74) is 0.445. The Labute approximate surface area is 105 Å². The molecule has 0 bridgehead atoms. The van der Waals surface area contributed by atoms with Crippen molar-refractivity contribution in [2.75, 3.05) is 13.1 Å². The predicted molar refractivity (Wildman–Crippen MR) is 77.1 cm³/mol. The molecule has 1 fully saturated rings. The molecule has 0 unspecified atom stereocenters. The molecule has 0 N–H and O–H groups in total.